The van der Waals surface area contributed by atoms with Crippen molar-refractivity contribution in [3.63, 3.8) is 0 Å². The van der Waals surface area contributed by atoms with Gasteiger partial charge in [-0.25, -0.2) is 0 Å². The fraction of sp³-hybridized carbons (Fsp3) is 0. The van der Waals surface area contributed by atoms with Crippen molar-refractivity contribution in [1.82, 2.24) is 0 Å². The summed E-state index contributed by atoms with van der Waals surface area (Å²) in [5.41, 5.74) is 6.80. The summed E-state index contributed by atoms with van der Waals surface area (Å²) >= 11 is 0. The molecular formula is C8H9NO. The fourth-order valence-corrected chi connectivity index (χ4v) is 0.676. The van der Waals surface area contributed by atoms with Gasteiger partial charge in [0.1, 0.15) is 5.76 Å². The molecule has 1 aromatic rings. The average Bonchev–Trinajstić information content (AvgIpc) is 1.88. The van der Waals surface area contributed by atoms with E-state index in [4.69, 9.17) is 10.8 Å². The van der Waals surface area contributed by atoms with Crippen LogP contribution in [0.4, 0.5) is 5.69 Å². The second-order valence-corrected chi connectivity index (χ2v) is 2.07. The average molecular weight is 135 g/mol. The summed E-state index contributed by atoms with van der Waals surface area (Å²) in [4.78, 5) is 0. The molecule has 52 valence electrons. The van der Waals surface area contributed by atoms with Crippen LogP contribution in [-0.4, -0.2) is 5.11 Å². The van der Waals surface area contributed by atoms with Crippen LogP contribution < -0.4 is 5.73 Å². The molecule has 2 heteroatoms. The largest absolute Gasteiger partial charge is 0.508 e. The summed E-state index contributed by atoms with van der Waals surface area (Å²) < 4.78 is 0. The molecule has 0 saturated carbocycles. The third-order valence-electron chi connectivity index (χ3n) is 1.24. The molecule has 0 bridgehead atoms. The Kier molecular flexibility index (Phi) is 1.63. The molecule has 0 amide bonds. The highest BCUT2D eigenvalue weighted by molar-refractivity contribution is 5.58. The zero-order valence-electron chi connectivity index (χ0n) is 5.54. The lowest BCUT2D eigenvalue weighted by Gasteiger charge is -1.96. The van der Waals surface area contributed by atoms with Gasteiger partial charge in [-0.3, -0.25) is 0 Å². The van der Waals surface area contributed by atoms with Gasteiger partial charge in [0.25, 0.3) is 0 Å². The van der Waals surface area contributed by atoms with Crippen LogP contribution in [0, 0.1) is 0 Å². The molecule has 0 atom stereocenters. The Bertz CT molecular complexity index is 238. The van der Waals surface area contributed by atoms with Crippen molar-refractivity contribution in [1.29, 1.82) is 0 Å². The minimum absolute atomic E-state index is 0.0694. The molecule has 0 unspecified atom stereocenters. The first-order valence-electron chi connectivity index (χ1n) is 2.94. The summed E-state index contributed by atoms with van der Waals surface area (Å²) in [7, 11) is 0. The second kappa shape index (κ2) is 2.43. The summed E-state index contributed by atoms with van der Waals surface area (Å²) in [5.74, 6) is 0.0694. The van der Waals surface area contributed by atoms with Crippen LogP contribution in [0.1, 0.15) is 5.56 Å². The molecule has 0 aromatic heterocycles. The predicted molar refractivity (Wildman–Crippen MR) is 42.5 cm³/mol. The normalized spacial score (nSPS) is 9.20. The highest BCUT2D eigenvalue weighted by atomic mass is 16.3. The van der Waals surface area contributed by atoms with E-state index in [-0.39, 0.29) is 5.76 Å². The van der Waals surface area contributed by atoms with Crippen molar-refractivity contribution in [3.8, 4) is 0 Å². The molecule has 10 heavy (non-hydrogen) atoms. The molecule has 0 heterocycles. The summed E-state index contributed by atoms with van der Waals surface area (Å²) in [6.07, 6.45) is 0. The van der Waals surface area contributed by atoms with Crippen LogP contribution in [-0.2, 0) is 0 Å². The highest BCUT2D eigenvalue weighted by Crippen LogP contribution is 2.10. The van der Waals surface area contributed by atoms with Crippen molar-refractivity contribution < 1.29 is 5.11 Å². The van der Waals surface area contributed by atoms with Gasteiger partial charge >= 0.3 is 0 Å². The molecule has 3 N–H and O–H groups in total. The molecule has 0 aliphatic rings. The summed E-state index contributed by atoms with van der Waals surface area (Å²) in [5, 5.41) is 8.88. The van der Waals surface area contributed by atoms with E-state index >= 15 is 0 Å². The van der Waals surface area contributed by atoms with Crippen LogP contribution in [0.2, 0.25) is 0 Å². The topological polar surface area (TPSA) is 46.2 Å². The Morgan fingerprint density at radius 3 is 2.20 bits per heavy atom. The van der Waals surface area contributed by atoms with Crippen LogP contribution in [0.5, 0.6) is 0 Å². The quantitative estimate of drug-likeness (QED) is 0.455. The van der Waals surface area contributed by atoms with E-state index in [1.165, 1.54) is 0 Å². The smallest absolute Gasteiger partial charge is 0.115 e. The summed E-state index contributed by atoms with van der Waals surface area (Å²) in [6.45, 7) is 3.37. The van der Waals surface area contributed by atoms with Gasteiger partial charge in [-0.1, -0.05) is 6.58 Å². The van der Waals surface area contributed by atoms with E-state index < -0.39 is 0 Å². The van der Waals surface area contributed by atoms with Crippen molar-refractivity contribution >= 4 is 11.4 Å². The molecule has 0 spiro atoms. The Hall–Kier alpha value is -1.44. The fourth-order valence-electron chi connectivity index (χ4n) is 0.676. The van der Waals surface area contributed by atoms with E-state index in [0.29, 0.717) is 11.3 Å². The van der Waals surface area contributed by atoms with E-state index in [9.17, 15) is 0 Å². The lowest BCUT2D eigenvalue weighted by atomic mass is 10.2. The third kappa shape index (κ3) is 1.29. The van der Waals surface area contributed by atoms with Gasteiger partial charge in [-0.05, 0) is 24.3 Å². The van der Waals surface area contributed by atoms with E-state index in [1.807, 2.05) is 0 Å². The van der Waals surface area contributed by atoms with Crippen LogP contribution in [0.15, 0.2) is 30.8 Å². The minimum atomic E-state index is 0.0694. The first kappa shape index (κ1) is 6.68. The molecule has 0 radical (unpaired) electrons. The molecule has 1 aromatic carbocycles. The molecule has 0 aliphatic carbocycles. The maximum Gasteiger partial charge on any atom is 0.115 e. The van der Waals surface area contributed by atoms with Gasteiger partial charge in [-0.15, -0.1) is 0 Å². The number of benzene rings is 1. The van der Waals surface area contributed by atoms with Gasteiger partial charge in [0, 0.05) is 11.3 Å². The maximum atomic E-state index is 8.88. The number of hydrogen-bond donors (Lipinski definition) is 2. The highest BCUT2D eigenvalue weighted by Gasteiger charge is 1.92. The van der Waals surface area contributed by atoms with Crippen molar-refractivity contribution in [2.75, 3.05) is 5.73 Å². The predicted octanol–water partition coefficient (Wildman–Crippen LogP) is 1.80. The standard InChI is InChI=1S/C8H9NO/c1-6(10)7-2-4-8(9)5-3-7/h2-5,10H,1,9H2. The first-order valence-corrected chi connectivity index (χ1v) is 2.94. The van der Waals surface area contributed by atoms with Gasteiger partial charge in [0.05, 0.1) is 0 Å². The van der Waals surface area contributed by atoms with E-state index in [1.54, 1.807) is 24.3 Å². The van der Waals surface area contributed by atoms with Gasteiger partial charge < -0.3 is 10.8 Å². The van der Waals surface area contributed by atoms with Crippen molar-refractivity contribution in [3.05, 3.63) is 36.4 Å². The zero-order chi connectivity index (χ0) is 7.56. The Morgan fingerprint density at radius 1 is 1.30 bits per heavy atom. The number of aliphatic hydroxyl groups excluding tert-OH is 1. The molecule has 2 nitrogen and oxygen atoms in total. The van der Waals surface area contributed by atoms with E-state index in [0.717, 1.165) is 0 Å². The molecule has 0 aliphatic heterocycles. The Morgan fingerprint density at radius 2 is 1.80 bits per heavy atom. The van der Waals surface area contributed by atoms with E-state index in [2.05, 4.69) is 6.58 Å². The van der Waals surface area contributed by atoms with Crippen molar-refractivity contribution in [2.45, 2.75) is 0 Å². The number of aliphatic hydroxyl groups is 1. The lowest BCUT2D eigenvalue weighted by molar-refractivity contribution is 0.514. The lowest BCUT2D eigenvalue weighted by Crippen LogP contribution is -1.85. The molecule has 1 rings (SSSR count). The van der Waals surface area contributed by atoms with Crippen LogP contribution >= 0.6 is 0 Å². The number of hydrogen-bond acceptors (Lipinski definition) is 2. The number of nitrogen functional groups attached to an aromatic ring is 1. The maximum absolute atomic E-state index is 8.88. The SMILES string of the molecule is C=C(O)c1ccc(N)cc1. The monoisotopic (exact) mass is 135 g/mol. The number of rotatable bonds is 1. The first-order chi connectivity index (χ1) is 4.70. The molecule has 0 fully saturated rings. The minimum Gasteiger partial charge on any atom is -0.508 e. The Labute approximate surface area is 59.6 Å². The van der Waals surface area contributed by atoms with Gasteiger partial charge in [0.15, 0.2) is 0 Å². The molecule has 0 saturated heterocycles. The number of anilines is 1. The van der Waals surface area contributed by atoms with Crippen LogP contribution in [0.3, 0.4) is 0 Å². The Balaban J connectivity index is 3.00. The third-order valence-corrected chi connectivity index (χ3v) is 1.24. The molecular weight excluding hydrogens is 126 g/mol. The van der Waals surface area contributed by atoms with Gasteiger partial charge in [0.2, 0.25) is 0 Å². The van der Waals surface area contributed by atoms with Crippen molar-refractivity contribution in [2.24, 2.45) is 0 Å². The second-order valence-electron chi connectivity index (χ2n) is 2.07. The van der Waals surface area contributed by atoms with Crippen LogP contribution in [0.25, 0.3) is 5.76 Å². The number of nitrogens with two attached hydrogens (primary N) is 1. The summed E-state index contributed by atoms with van der Waals surface area (Å²) in [6, 6.07) is 6.88. The van der Waals surface area contributed by atoms with Gasteiger partial charge in [-0.2, -0.15) is 0 Å². The zero-order valence-corrected chi connectivity index (χ0v) is 5.54.